The van der Waals surface area contributed by atoms with Crippen molar-refractivity contribution in [2.24, 2.45) is 5.92 Å². The fraction of sp³-hybridized carbons (Fsp3) is 0.364. The van der Waals surface area contributed by atoms with Crippen molar-refractivity contribution >= 4 is 29.1 Å². The SMILES string of the molecule is CCC(C)C(NC(=O)c1ccc(Cl)cc1)C(=O)Nc1ccc(OCCOC)cc1. The monoisotopic (exact) mass is 418 g/mol. The molecule has 0 radical (unpaired) electrons. The summed E-state index contributed by atoms with van der Waals surface area (Å²) in [5.41, 5.74) is 1.08. The molecule has 2 aromatic carbocycles. The van der Waals surface area contributed by atoms with E-state index in [4.69, 9.17) is 21.1 Å². The Bertz CT molecular complexity index is 793. The quantitative estimate of drug-likeness (QED) is 0.568. The van der Waals surface area contributed by atoms with E-state index in [-0.39, 0.29) is 17.7 Å². The number of hydrogen-bond acceptors (Lipinski definition) is 4. The summed E-state index contributed by atoms with van der Waals surface area (Å²) in [6, 6.07) is 12.9. The summed E-state index contributed by atoms with van der Waals surface area (Å²) >= 11 is 5.87. The maximum Gasteiger partial charge on any atom is 0.251 e. The molecule has 0 aliphatic heterocycles. The van der Waals surface area contributed by atoms with Crippen LogP contribution in [-0.2, 0) is 9.53 Å². The van der Waals surface area contributed by atoms with Gasteiger partial charge in [-0.25, -0.2) is 0 Å². The molecule has 0 saturated heterocycles. The van der Waals surface area contributed by atoms with E-state index in [0.717, 1.165) is 6.42 Å². The van der Waals surface area contributed by atoms with Crippen LogP contribution < -0.4 is 15.4 Å². The molecule has 0 aromatic heterocycles. The van der Waals surface area contributed by atoms with Crippen LogP contribution in [-0.4, -0.2) is 38.2 Å². The third-order valence-electron chi connectivity index (χ3n) is 4.57. The van der Waals surface area contributed by atoms with Crippen LogP contribution in [0.2, 0.25) is 5.02 Å². The molecule has 2 N–H and O–H groups in total. The first kappa shape index (κ1) is 22.7. The van der Waals surface area contributed by atoms with Crippen LogP contribution in [0.25, 0.3) is 0 Å². The van der Waals surface area contributed by atoms with Gasteiger partial charge in [0.25, 0.3) is 5.91 Å². The van der Waals surface area contributed by atoms with E-state index < -0.39 is 6.04 Å². The molecule has 2 atom stereocenters. The fourth-order valence-electron chi connectivity index (χ4n) is 2.63. The topological polar surface area (TPSA) is 76.7 Å². The van der Waals surface area contributed by atoms with Gasteiger partial charge in [0.15, 0.2) is 0 Å². The summed E-state index contributed by atoms with van der Waals surface area (Å²) in [4.78, 5) is 25.4. The number of hydrogen-bond donors (Lipinski definition) is 2. The number of methoxy groups -OCH3 is 1. The Morgan fingerprint density at radius 1 is 1.03 bits per heavy atom. The van der Waals surface area contributed by atoms with E-state index in [9.17, 15) is 9.59 Å². The van der Waals surface area contributed by atoms with Gasteiger partial charge < -0.3 is 20.1 Å². The summed E-state index contributed by atoms with van der Waals surface area (Å²) in [5.74, 6) is 0.0659. The zero-order chi connectivity index (χ0) is 21.2. The molecule has 0 saturated carbocycles. The summed E-state index contributed by atoms with van der Waals surface area (Å²) in [7, 11) is 1.61. The first-order chi connectivity index (χ1) is 13.9. The van der Waals surface area contributed by atoms with Gasteiger partial charge in [0, 0.05) is 23.4 Å². The Balaban J connectivity index is 2.02. The average Bonchev–Trinajstić information content (AvgIpc) is 2.73. The first-order valence-electron chi connectivity index (χ1n) is 9.53. The molecule has 156 valence electrons. The lowest BCUT2D eigenvalue weighted by molar-refractivity contribution is -0.119. The molecule has 0 bridgehead atoms. The minimum absolute atomic E-state index is 0.0390. The van der Waals surface area contributed by atoms with Crippen LogP contribution in [0.4, 0.5) is 5.69 Å². The van der Waals surface area contributed by atoms with Crippen LogP contribution in [0, 0.1) is 5.92 Å². The van der Waals surface area contributed by atoms with Gasteiger partial charge in [-0.2, -0.15) is 0 Å². The minimum atomic E-state index is -0.666. The lowest BCUT2D eigenvalue weighted by Crippen LogP contribution is -2.47. The predicted octanol–water partition coefficient (Wildman–Crippen LogP) is 4.15. The van der Waals surface area contributed by atoms with Gasteiger partial charge in [0.1, 0.15) is 18.4 Å². The van der Waals surface area contributed by atoms with Crippen molar-refractivity contribution < 1.29 is 19.1 Å². The number of anilines is 1. The maximum atomic E-state index is 12.8. The second-order valence-electron chi connectivity index (χ2n) is 6.70. The number of nitrogens with one attached hydrogen (secondary N) is 2. The molecule has 0 spiro atoms. The highest BCUT2D eigenvalue weighted by atomic mass is 35.5. The molecule has 2 aromatic rings. The Kier molecular flexibility index (Phi) is 8.96. The van der Waals surface area contributed by atoms with Gasteiger partial charge in [0.2, 0.25) is 5.91 Å². The van der Waals surface area contributed by atoms with Crippen LogP contribution in [0.1, 0.15) is 30.6 Å². The van der Waals surface area contributed by atoms with Crippen molar-refractivity contribution in [3.8, 4) is 5.75 Å². The second kappa shape index (κ2) is 11.4. The van der Waals surface area contributed by atoms with Gasteiger partial charge in [-0.15, -0.1) is 0 Å². The standard InChI is InChI=1S/C22H27ClN2O4/c1-4-15(2)20(25-21(26)16-5-7-17(23)8-6-16)22(27)24-18-9-11-19(12-10-18)29-14-13-28-3/h5-12,15,20H,4,13-14H2,1-3H3,(H,24,27)(H,25,26). The third kappa shape index (κ3) is 7.07. The van der Waals surface area contributed by atoms with Gasteiger partial charge >= 0.3 is 0 Å². The Morgan fingerprint density at radius 3 is 2.28 bits per heavy atom. The van der Waals surface area contributed by atoms with Gasteiger partial charge in [-0.3, -0.25) is 9.59 Å². The van der Waals surface area contributed by atoms with E-state index in [0.29, 0.717) is 35.2 Å². The zero-order valence-electron chi connectivity index (χ0n) is 16.9. The van der Waals surface area contributed by atoms with Gasteiger partial charge in [-0.1, -0.05) is 31.9 Å². The molecule has 0 aliphatic carbocycles. The molecular formula is C22H27ClN2O4. The van der Waals surface area contributed by atoms with Crippen molar-refractivity contribution in [1.29, 1.82) is 0 Å². The molecule has 0 aliphatic rings. The van der Waals surface area contributed by atoms with Crippen LogP contribution in [0.15, 0.2) is 48.5 Å². The van der Waals surface area contributed by atoms with Crippen molar-refractivity contribution in [3.05, 3.63) is 59.1 Å². The molecule has 29 heavy (non-hydrogen) atoms. The molecule has 2 unspecified atom stereocenters. The van der Waals surface area contributed by atoms with E-state index in [2.05, 4.69) is 10.6 Å². The number of ether oxygens (including phenoxy) is 2. The first-order valence-corrected chi connectivity index (χ1v) is 9.91. The number of benzene rings is 2. The van der Waals surface area contributed by atoms with E-state index in [1.807, 2.05) is 13.8 Å². The largest absolute Gasteiger partial charge is 0.491 e. The Labute approximate surface area is 176 Å². The molecule has 6 nitrogen and oxygen atoms in total. The predicted molar refractivity (Wildman–Crippen MR) is 115 cm³/mol. The zero-order valence-corrected chi connectivity index (χ0v) is 17.7. The smallest absolute Gasteiger partial charge is 0.251 e. The number of halogens is 1. The minimum Gasteiger partial charge on any atom is -0.491 e. The van der Waals surface area contributed by atoms with Crippen molar-refractivity contribution in [2.45, 2.75) is 26.3 Å². The summed E-state index contributed by atoms with van der Waals surface area (Å²) in [5, 5.41) is 6.25. The van der Waals surface area contributed by atoms with Crippen LogP contribution in [0.5, 0.6) is 5.75 Å². The van der Waals surface area contributed by atoms with Crippen molar-refractivity contribution in [2.75, 3.05) is 25.6 Å². The number of rotatable bonds is 10. The van der Waals surface area contributed by atoms with Crippen LogP contribution >= 0.6 is 11.6 Å². The molecule has 2 amide bonds. The average molecular weight is 419 g/mol. The highest BCUT2D eigenvalue weighted by molar-refractivity contribution is 6.30. The van der Waals surface area contributed by atoms with E-state index >= 15 is 0 Å². The third-order valence-corrected chi connectivity index (χ3v) is 4.82. The number of carbonyl (C=O) groups is 2. The summed E-state index contributed by atoms with van der Waals surface area (Å²) < 4.78 is 10.5. The number of amides is 2. The van der Waals surface area contributed by atoms with Gasteiger partial charge in [0.05, 0.1) is 6.61 Å². The van der Waals surface area contributed by atoms with E-state index in [1.54, 1.807) is 55.6 Å². The van der Waals surface area contributed by atoms with Gasteiger partial charge in [-0.05, 0) is 54.4 Å². The van der Waals surface area contributed by atoms with Crippen LogP contribution in [0.3, 0.4) is 0 Å². The molecule has 0 fully saturated rings. The normalized spacial score (nSPS) is 12.7. The second-order valence-corrected chi connectivity index (χ2v) is 7.13. The molecular weight excluding hydrogens is 392 g/mol. The van der Waals surface area contributed by atoms with Crippen molar-refractivity contribution in [1.82, 2.24) is 5.32 Å². The Morgan fingerprint density at radius 2 is 1.69 bits per heavy atom. The molecule has 0 heterocycles. The summed E-state index contributed by atoms with van der Waals surface area (Å²) in [6.45, 7) is 4.86. The lowest BCUT2D eigenvalue weighted by Gasteiger charge is -2.23. The molecule has 7 heteroatoms. The van der Waals surface area contributed by atoms with Crippen molar-refractivity contribution in [3.63, 3.8) is 0 Å². The Hall–Kier alpha value is -2.57. The molecule has 2 rings (SSSR count). The fourth-order valence-corrected chi connectivity index (χ4v) is 2.75. The summed E-state index contributed by atoms with van der Waals surface area (Å²) in [6.07, 6.45) is 0.741. The highest BCUT2D eigenvalue weighted by Crippen LogP contribution is 2.18. The maximum absolute atomic E-state index is 12.8. The highest BCUT2D eigenvalue weighted by Gasteiger charge is 2.26. The van der Waals surface area contributed by atoms with E-state index in [1.165, 1.54) is 0 Å². The number of carbonyl (C=O) groups excluding carboxylic acids is 2. The lowest BCUT2D eigenvalue weighted by atomic mass is 9.97.